The van der Waals surface area contributed by atoms with E-state index in [-0.39, 0.29) is 5.41 Å². The maximum atomic E-state index is 11.1. The summed E-state index contributed by atoms with van der Waals surface area (Å²) in [6.45, 7) is 0. The van der Waals surface area contributed by atoms with E-state index < -0.39 is 5.97 Å². The summed E-state index contributed by atoms with van der Waals surface area (Å²) >= 11 is 1.95. The number of carbonyl (C=O) groups is 1. The van der Waals surface area contributed by atoms with Gasteiger partial charge in [-0.3, -0.25) is 4.79 Å². The van der Waals surface area contributed by atoms with Gasteiger partial charge in [0.1, 0.15) is 0 Å². The minimum atomic E-state index is -0.554. The summed E-state index contributed by atoms with van der Waals surface area (Å²) in [5.74, 6) is -0.554. The van der Waals surface area contributed by atoms with Gasteiger partial charge >= 0.3 is 5.97 Å². The Bertz CT molecular complexity index is 213. The quantitative estimate of drug-likeness (QED) is 0.744. The normalized spacial score (nSPS) is 43.5. The van der Waals surface area contributed by atoms with Crippen molar-refractivity contribution in [3.8, 4) is 0 Å². The standard InChI is InChI=1S/C10H16O2S/c1-13-10-5-2-9(3-6-10,4-7-10)8(11)12/h2-7H2,1H3,(H,11,12). The first-order valence-corrected chi connectivity index (χ1v) is 6.14. The first kappa shape index (κ1) is 9.38. The summed E-state index contributed by atoms with van der Waals surface area (Å²) < 4.78 is 0.442. The number of carboxylic acids is 1. The van der Waals surface area contributed by atoms with Crippen molar-refractivity contribution in [2.45, 2.75) is 43.3 Å². The molecule has 1 N–H and O–H groups in total. The average Bonchev–Trinajstić information content (AvgIpc) is 2.20. The Balaban J connectivity index is 2.16. The molecule has 0 heterocycles. The fraction of sp³-hybridized carbons (Fsp3) is 0.900. The van der Waals surface area contributed by atoms with Crippen molar-refractivity contribution in [1.82, 2.24) is 0 Å². The Kier molecular flexibility index (Phi) is 2.10. The van der Waals surface area contributed by atoms with E-state index in [0.717, 1.165) is 38.5 Å². The van der Waals surface area contributed by atoms with Gasteiger partial charge in [-0.1, -0.05) is 0 Å². The van der Waals surface area contributed by atoms with Gasteiger partial charge in [0.25, 0.3) is 0 Å². The molecule has 74 valence electrons. The monoisotopic (exact) mass is 200 g/mol. The molecule has 2 nitrogen and oxygen atoms in total. The molecule has 0 saturated heterocycles. The molecule has 0 amide bonds. The van der Waals surface area contributed by atoms with Crippen molar-refractivity contribution in [2.24, 2.45) is 5.41 Å². The lowest BCUT2D eigenvalue weighted by atomic mass is 9.60. The molecule has 3 heteroatoms. The largest absolute Gasteiger partial charge is 0.481 e. The van der Waals surface area contributed by atoms with E-state index in [2.05, 4.69) is 6.26 Å². The topological polar surface area (TPSA) is 37.3 Å². The van der Waals surface area contributed by atoms with Crippen LogP contribution in [0.1, 0.15) is 38.5 Å². The molecule has 0 aromatic heterocycles. The second-order valence-corrected chi connectivity index (χ2v) is 5.75. The Labute approximate surface area is 83.1 Å². The second-order valence-electron chi connectivity index (χ2n) is 4.47. The average molecular weight is 200 g/mol. The lowest BCUT2D eigenvalue weighted by molar-refractivity contribution is -0.154. The summed E-state index contributed by atoms with van der Waals surface area (Å²) in [5.41, 5.74) is -0.336. The molecule has 13 heavy (non-hydrogen) atoms. The summed E-state index contributed by atoms with van der Waals surface area (Å²) in [4.78, 5) is 11.1. The summed E-state index contributed by atoms with van der Waals surface area (Å²) in [7, 11) is 0. The molecule has 0 aliphatic heterocycles. The molecular weight excluding hydrogens is 184 g/mol. The predicted molar refractivity (Wildman–Crippen MR) is 54.0 cm³/mol. The highest BCUT2D eigenvalue weighted by atomic mass is 32.2. The van der Waals surface area contributed by atoms with Crippen LogP contribution in [0.4, 0.5) is 0 Å². The molecule has 3 fully saturated rings. The molecule has 0 unspecified atom stereocenters. The van der Waals surface area contributed by atoms with Crippen LogP contribution < -0.4 is 0 Å². The molecule has 0 atom stereocenters. The van der Waals surface area contributed by atoms with Gasteiger partial charge in [0.05, 0.1) is 5.41 Å². The molecule has 0 radical (unpaired) electrons. The van der Waals surface area contributed by atoms with Crippen molar-refractivity contribution in [1.29, 1.82) is 0 Å². The Morgan fingerprint density at radius 1 is 1.15 bits per heavy atom. The van der Waals surface area contributed by atoms with E-state index in [1.807, 2.05) is 11.8 Å². The lowest BCUT2D eigenvalue weighted by Gasteiger charge is -2.50. The maximum Gasteiger partial charge on any atom is 0.309 e. The van der Waals surface area contributed by atoms with Crippen LogP contribution >= 0.6 is 11.8 Å². The van der Waals surface area contributed by atoms with Gasteiger partial charge in [0.2, 0.25) is 0 Å². The van der Waals surface area contributed by atoms with Crippen LogP contribution in [0, 0.1) is 5.41 Å². The smallest absolute Gasteiger partial charge is 0.309 e. The molecule has 3 rings (SSSR count). The van der Waals surface area contributed by atoms with Crippen LogP contribution in [0.3, 0.4) is 0 Å². The van der Waals surface area contributed by atoms with Crippen molar-refractivity contribution >= 4 is 17.7 Å². The zero-order chi connectivity index (χ0) is 9.53. The van der Waals surface area contributed by atoms with Crippen LogP contribution in [-0.4, -0.2) is 22.1 Å². The van der Waals surface area contributed by atoms with E-state index >= 15 is 0 Å². The number of hydrogen-bond donors (Lipinski definition) is 1. The zero-order valence-electron chi connectivity index (χ0n) is 8.01. The van der Waals surface area contributed by atoms with E-state index in [0.29, 0.717) is 4.75 Å². The van der Waals surface area contributed by atoms with Crippen molar-refractivity contribution in [3.05, 3.63) is 0 Å². The number of aliphatic carboxylic acids is 1. The number of hydrogen-bond acceptors (Lipinski definition) is 2. The number of rotatable bonds is 2. The molecule has 2 bridgehead atoms. The highest BCUT2D eigenvalue weighted by Gasteiger charge is 2.52. The maximum absolute atomic E-state index is 11.1. The Hall–Kier alpha value is -0.180. The van der Waals surface area contributed by atoms with Gasteiger partial charge in [-0.15, -0.1) is 0 Å². The van der Waals surface area contributed by atoms with E-state index in [4.69, 9.17) is 5.11 Å². The summed E-state index contributed by atoms with van der Waals surface area (Å²) in [5, 5.41) is 9.16. The molecule has 0 aromatic carbocycles. The zero-order valence-corrected chi connectivity index (χ0v) is 8.82. The minimum Gasteiger partial charge on any atom is -0.481 e. The number of fused-ring (bicyclic) bond motifs is 3. The number of thioether (sulfide) groups is 1. The first-order chi connectivity index (χ1) is 6.13. The van der Waals surface area contributed by atoms with Gasteiger partial charge in [-0.05, 0) is 44.8 Å². The first-order valence-electron chi connectivity index (χ1n) is 4.91. The van der Waals surface area contributed by atoms with Gasteiger partial charge < -0.3 is 5.11 Å². The van der Waals surface area contributed by atoms with E-state index in [1.165, 1.54) is 0 Å². The highest BCUT2D eigenvalue weighted by molar-refractivity contribution is 8.00. The predicted octanol–water partition coefficient (Wildman–Crippen LogP) is 2.53. The number of carboxylic acid groups (broad SMARTS) is 1. The Morgan fingerprint density at radius 2 is 1.62 bits per heavy atom. The summed E-state index contributed by atoms with van der Waals surface area (Å²) in [6, 6.07) is 0. The SMILES string of the molecule is CSC12CCC(C(=O)O)(CC1)CC2. The van der Waals surface area contributed by atoms with Crippen molar-refractivity contribution in [3.63, 3.8) is 0 Å². The van der Waals surface area contributed by atoms with Crippen LogP contribution in [-0.2, 0) is 4.79 Å². The van der Waals surface area contributed by atoms with Crippen molar-refractivity contribution in [2.75, 3.05) is 6.26 Å². The van der Waals surface area contributed by atoms with Crippen LogP contribution in [0.25, 0.3) is 0 Å². The third kappa shape index (κ3) is 1.28. The third-order valence-corrected chi connectivity index (χ3v) is 5.54. The van der Waals surface area contributed by atoms with Crippen molar-refractivity contribution < 1.29 is 9.90 Å². The third-order valence-electron chi connectivity index (χ3n) is 4.06. The van der Waals surface area contributed by atoms with Crippen LogP contribution in [0.5, 0.6) is 0 Å². The van der Waals surface area contributed by atoms with E-state index in [1.54, 1.807) is 0 Å². The fourth-order valence-electron chi connectivity index (χ4n) is 2.78. The molecular formula is C10H16O2S. The molecule has 3 aliphatic carbocycles. The molecule has 0 spiro atoms. The summed E-state index contributed by atoms with van der Waals surface area (Å²) in [6.07, 6.45) is 8.22. The molecule has 0 aromatic rings. The van der Waals surface area contributed by atoms with Gasteiger partial charge in [0, 0.05) is 4.75 Å². The Morgan fingerprint density at radius 3 is 1.92 bits per heavy atom. The van der Waals surface area contributed by atoms with Gasteiger partial charge in [-0.25, -0.2) is 0 Å². The second kappa shape index (κ2) is 2.91. The minimum absolute atomic E-state index is 0.336. The van der Waals surface area contributed by atoms with E-state index in [9.17, 15) is 4.79 Å². The molecule has 3 aliphatic rings. The highest BCUT2D eigenvalue weighted by Crippen LogP contribution is 2.57. The van der Waals surface area contributed by atoms with Gasteiger partial charge in [0.15, 0.2) is 0 Å². The van der Waals surface area contributed by atoms with Crippen LogP contribution in [0.15, 0.2) is 0 Å². The lowest BCUT2D eigenvalue weighted by Crippen LogP contribution is -2.47. The fourth-order valence-corrected chi connectivity index (χ4v) is 3.70. The van der Waals surface area contributed by atoms with Gasteiger partial charge in [-0.2, -0.15) is 11.8 Å². The molecule has 3 saturated carbocycles. The van der Waals surface area contributed by atoms with Crippen LogP contribution in [0.2, 0.25) is 0 Å².